The van der Waals surface area contributed by atoms with Crippen LogP contribution in [0, 0.1) is 0 Å². The monoisotopic (exact) mass is 403 g/mol. The molecular weight excluding hydrogens is 374 g/mol. The lowest BCUT2D eigenvalue weighted by atomic mass is 9.96. The van der Waals surface area contributed by atoms with Crippen molar-refractivity contribution in [1.82, 2.24) is 14.8 Å². The highest BCUT2D eigenvalue weighted by molar-refractivity contribution is 5.96. The molecule has 0 spiro atoms. The first-order valence-electron chi connectivity index (χ1n) is 10.6. The highest BCUT2D eigenvalue weighted by Crippen LogP contribution is 2.30. The standard InChI is InChI=1S/C25H29N3O2/c1-27-15-17-28(18-16-27)14-4-5-19-11-12-23(24-22(19)6-3-13-26-24)20-7-9-21(10-8-20)25(29)30-2/h3,6-13H,4-5,14-18H2,1-2H3. The molecule has 0 N–H and O–H groups in total. The first kappa shape index (κ1) is 20.5. The first-order valence-corrected chi connectivity index (χ1v) is 10.6. The summed E-state index contributed by atoms with van der Waals surface area (Å²) in [6.07, 6.45) is 4.06. The van der Waals surface area contributed by atoms with Crippen molar-refractivity contribution >= 4 is 16.9 Å². The fourth-order valence-corrected chi connectivity index (χ4v) is 4.15. The zero-order valence-corrected chi connectivity index (χ0v) is 17.8. The number of hydrogen-bond donors (Lipinski definition) is 0. The first-order chi connectivity index (χ1) is 14.7. The smallest absolute Gasteiger partial charge is 0.337 e. The Hall–Kier alpha value is -2.76. The number of rotatable bonds is 6. The van der Waals surface area contributed by atoms with Crippen LogP contribution in [0.3, 0.4) is 0 Å². The molecule has 1 saturated heterocycles. The highest BCUT2D eigenvalue weighted by atomic mass is 16.5. The van der Waals surface area contributed by atoms with Crippen molar-refractivity contribution in [3.8, 4) is 11.1 Å². The van der Waals surface area contributed by atoms with E-state index in [4.69, 9.17) is 9.72 Å². The van der Waals surface area contributed by atoms with Crippen LogP contribution in [-0.2, 0) is 11.2 Å². The number of carbonyl (C=O) groups excluding carboxylic acids is 1. The van der Waals surface area contributed by atoms with E-state index < -0.39 is 0 Å². The molecule has 0 radical (unpaired) electrons. The van der Waals surface area contributed by atoms with E-state index in [0.717, 1.165) is 49.1 Å². The van der Waals surface area contributed by atoms with Crippen LogP contribution in [0.15, 0.2) is 54.7 Å². The Morgan fingerprint density at radius 2 is 1.80 bits per heavy atom. The van der Waals surface area contributed by atoms with E-state index in [9.17, 15) is 4.79 Å². The molecule has 1 fully saturated rings. The van der Waals surface area contributed by atoms with Crippen molar-refractivity contribution in [3.63, 3.8) is 0 Å². The van der Waals surface area contributed by atoms with E-state index in [1.807, 2.05) is 24.4 Å². The van der Waals surface area contributed by atoms with E-state index in [1.54, 1.807) is 12.1 Å². The van der Waals surface area contributed by atoms with Gasteiger partial charge in [0.05, 0.1) is 18.2 Å². The lowest BCUT2D eigenvalue weighted by molar-refractivity contribution is 0.0601. The third-order valence-electron chi connectivity index (χ3n) is 5.99. The molecular formula is C25H29N3O2. The number of aromatic nitrogens is 1. The van der Waals surface area contributed by atoms with Gasteiger partial charge in [0.1, 0.15) is 0 Å². The quantitative estimate of drug-likeness (QED) is 0.585. The highest BCUT2D eigenvalue weighted by Gasteiger charge is 2.14. The fourth-order valence-electron chi connectivity index (χ4n) is 4.15. The number of aryl methyl sites for hydroxylation is 1. The van der Waals surface area contributed by atoms with Crippen LogP contribution in [0.25, 0.3) is 22.0 Å². The van der Waals surface area contributed by atoms with Crippen LogP contribution in [-0.4, -0.2) is 67.6 Å². The number of fused-ring (bicyclic) bond motifs is 1. The number of nitrogens with zero attached hydrogens (tertiary/aromatic N) is 3. The van der Waals surface area contributed by atoms with Gasteiger partial charge in [-0.15, -0.1) is 0 Å². The average Bonchev–Trinajstić information content (AvgIpc) is 2.80. The number of esters is 1. The van der Waals surface area contributed by atoms with E-state index in [2.05, 4.69) is 35.0 Å². The SMILES string of the molecule is COC(=O)c1ccc(-c2ccc(CCCN3CCN(C)CC3)c3cccnc23)cc1. The van der Waals surface area contributed by atoms with E-state index in [1.165, 1.54) is 31.1 Å². The maximum atomic E-state index is 11.7. The van der Waals surface area contributed by atoms with Gasteiger partial charge < -0.3 is 14.5 Å². The summed E-state index contributed by atoms with van der Waals surface area (Å²) in [6.45, 7) is 5.80. The van der Waals surface area contributed by atoms with Crippen LogP contribution in [0.4, 0.5) is 0 Å². The molecule has 156 valence electrons. The van der Waals surface area contributed by atoms with Crippen LogP contribution in [0.1, 0.15) is 22.3 Å². The second-order valence-electron chi connectivity index (χ2n) is 7.99. The molecule has 0 amide bonds. The number of ether oxygens (including phenoxy) is 1. The third kappa shape index (κ3) is 4.53. The van der Waals surface area contributed by atoms with Gasteiger partial charge in [0.2, 0.25) is 0 Å². The molecule has 0 atom stereocenters. The van der Waals surface area contributed by atoms with Gasteiger partial charge >= 0.3 is 5.97 Å². The van der Waals surface area contributed by atoms with E-state index >= 15 is 0 Å². The molecule has 1 aliphatic rings. The van der Waals surface area contributed by atoms with E-state index in [0.29, 0.717) is 5.56 Å². The van der Waals surface area contributed by atoms with Gasteiger partial charge in [-0.3, -0.25) is 4.98 Å². The molecule has 1 aliphatic heterocycles. The number of likely N-dealkylation sites (N-methyl/N-ethyl adjacent to an activating group) is 1. The molecule has 0 unspecified atom stereocenters. The topological polar surface area (TPSA) is 45.7 Å². The maximum Gasteiger partial charge on any atom is 0.337 e. The van der Waals surface area contributed by atoms with Crippen molar-refractivity contribution in [1.29, 1.82) is 0 Å². The van der Waals surface area contributed by atoms with Crippen molar-refractivity contribution in [2.45, 2.75) is 12.8 Å². The molecule has 3 aromatic rings. The molecule has 4 rings (SSSR count). The zero-order chi connectivity index (χ0) is 20.9. The third-order valence-corrected chi connectivity index (χ3v) is 5.99. The minimum absolute atomic E-state index is 0.319. The molecule has 5 heteroatoms. The van der Waals surface area contributed by atoms with Gasteiger partial charge in [-0.05, 0) is 55.8 Å². The number of hydrogen-bond acceptors (Lipinski definition) is 5. The fraction of sp³-hybridized carbons (Fsp3) is 0.360. The van der Waals surface area contributed by atoms with Crippen molar-refractivity contribution in [2.75, 3.05) is 46.9 Å². The lowest BCUT2D eigenvalue weighted by Crippen LogP contribution is -2.44. The number of pyridine rings is 1. The van der Waals surface area contributed by atoms with E-state index in [-0.39, 0.29) is 5.97 Å². The van der Waals surface area contributed by atoms with Gasteiger partial charge in [-0.1, -0.05) is 30.3 Å². The lowest BCUT2D eigenvalue weighted by Gasteiger charge is -2.32. The maximum absolute atomic E-state index is 11.7. The predicted octanol–water partition coefficient (Wildman–Crippen LogP) is 3.87. The summed E-state index contributed by atoms with van der Waals surface area (Å²) >= 11 is 0. The predicted molar refractivity (Wildman–Crippen MR) is 121 cm³/mol. The minimum atomic E-state index is -0.319. The summed E-state index contributed by atoms with van der Waals surface area (Å²) in [5, 5.41) is 1.21. The second-order valence-corrected chi connectivity index (χ2v) is 7.99. The van der Waals surface area contributed by atoms with Gasteiger partial charge in [0, 0.05) is 43.3 Å². The Morgan fingerprint density at radius 3 is 2.53 bits per heavy atom. The Bertz CT molecular complexity index is 1010. The molecule has 0 saturated carbocycles. The molecule has 0 bridgehead atoms. The Morgan fingerprint density at radius 1 is 1.03 bits per heavy atom. The van der Waals surface area contributed by atoms with Gasteiger partial charge in [-0.2, -0.15) is 0 Å². The van der Waals surface area contributed by atoms with Gasteiger partial charge in [0.15, 0.2) is 0 Å². The van der Waals surface area contributed by atoms with Crippen LogP contribution in [0.2, 0.25) is 0 Å². The molecule has 5 nitrogen and oxygen atoms in total. The Kier molecular flexibility index (Phi) is 6.41. The number of benzene rings is 2. The Balaban J connectivity index is 1.52. The van der Waals surface area contributed by atoms with Crippen molar-refractivity contribution in [2.24, 2.45) is 0 Å². The molecule has 2 aromatic carbocycles. The summed E-state index contributed by atoms with van der Waals surface area (Å²) < 4.78 is 4.80. The van der Waals surface area contributed by atoms with Crippen LogP contribution < -0.4 is 0 Å². The van der Waals surface area contributed by atoms with Crippen molar-refractivity contribution < 1.29 is 9.53 Å². The Labute approximate surface area is 178 Å². The number of piperazine rings is 1. The second kappa shape index (κ2) is 9.37. The van der Waals surface area contributed by atoms with Crippen LogP contribution >= 0.6 is 0 Å². The summed E-state index contributed by atoms with van der Waals surface area (Å²) in [5.74, 6) is -0.319. The summed E-state index contributed by atoms with van der Waals surface area (Å²) in [5.41, 5.74) is 5.06. The molecule has 0 aliphatic carbocycles. The summed E-state index contributed by atoms with van der Waals surface area (Å²) in [7, 11) is 3.59. The molecule has 2 heterocycles. The zero-order valence-electron chi connectivity index (χ0n) is 17.8. The summed E-state index contributed by atoms with van der Waals surface area (Å²) in [6, 6.07) is 16.1. The molecule has 1 aromatic heterocycles. The van der Waals surface area contributed by atoms with Gasteiger partial charge in [-0.25, -0.2) is 4.79 Å². The van der Waals surface area contributed by atoms with Crippen molar-refractivity contribution in [3.05, 3.63) is 65.9 Å². The molecule has 30 heavy (non-hydrogen) atoms. The average molecular weight is 404 g/mol. The normalized spacial score (nSPS) is 15.4. The summed E-state index contributed by atoms with van der Waals surface area (Å²) in [4.78, 5) is 21.4. The largest absolute Gasteiger partial charge is 0.465 e. The number of methoxy groups -OCH3 is 1. The minimum Gasteiger partial charge on any atom is -0.465 e. The van der Waals surface area contributed by atoms with Crippen LogP contribution in [0.5, 0.6) is 0 Å². The van der Waals surface area contributed by atoms with Gasteiger partial charge in [0.25, 0.3) is 0 Å². The number of carbonyl (C=O) groups is 1.